The van der Waals surface area contributed by atoms with Gasteiger partial charge in [-0.2, -0.15) is 0 Å². The first-order valence-electron chi connectivity index (χ1n) is 8.37. The van der Waals surface area contributed by atoms with Crippen LogP contribution in [0.3, 0.4) is 0 Å². The zero-order valence-corrected chi connectivity index (χ0v) is 13.8. The van der Waals surface area contributed by atoms with Gasteiger partial charge in [-0.25, -0.2) is 0 Å². The lowest BCUT2D eigenvalue weighted by atomic mass is 9.69. The van der Waals surface area contributed by atoms with Crippen LogP contribution >= 0.6 is 0 Å². The minimum atomic E-state index is 0.233. The lowest BCUT2D eigenvalue weighted by Crippen LogP contribution is -2.45. The van der Waals surface area contributed by atoms with Gasteiger partial charge in [-0.05, 0) is 30.5 Å². The Kier molecular flexibility index (Phi) is 4.55. The highest BCUT2D eigenvalue weighted by molar-refractivity contribution is 5.81. The van der Waals surface area contributed by atoms with Crippen LogP contribution in [0, 0.1) is 0 Å². The minimum absolute atomic E-state index is 0.233. The van der Waals surface area contributed by atoms with Crippen LogP contribution in [0.2, 0.25) is 0 Å². The fourth-order valence-electron chi connectivity index (χ4n) is 3.71. The van der Waals surface area contributed by atoms with Gasteiger partial charge in [0.15, 0.2) is 5.96 Å². The molecule has 1 aromatic rings. The number of benzene rings is 1. The zero-order chi connectivity index (χ0) is 15.4. The van der Waals surface area contributed by atoms with Gasteiger partial charge >= 0.3 is 0 Å². The summed E-state index contributed by atoms with van der Waals surface area (Å²) in [5.74, 6) is 1.99. The first-order chi connectivity index (χ1) is 10.7. The molecule has 22 heavy (non-hydrogen) atoms. The van der Waals surface area contributed by atoms with Crippen molar-refractivity contribution in [2.75, 3.05) is 33.8 Å². The topological polar surface area (TPSA) is 36.9 Å². The lowest BCUT2D eigenvalue weighted by Gasteiger charge is -2.38. The first-order valence-corrected chi connectivity index (χ1v) is 8.37. The van der Waals surface area contributed by atoms with E-state index in [-0.39, 0.29) is 5.41 Å². The maximum absolute atomic E-state index is 5.30. The van der Waals surface area contributed by atoms with Crippen LogP contribution in [-0.2, 0) is 5.41 Å². The third kappa shape index (κ3) is 3.06. The second-order valence-electron chi connectivity index (χ2n) is 6.55. The lowest BCUT2D eigenvalue weighted by molar-refractivity contribution is 0.289. The van der Waals surface area contributed by atoms with Gasteiger partial charge in [0.2, 0.25) is 0 Å². The molecule has 3 rings (SSSR count). The van der Waals surface area contributed by atoms with Crippen molar-refractivity contribution in [1.82, 2.24) is 10.2 Å². The van der Waals surface area contributed by atoms with Crippen LogP contribution in [0.5, 0.6) is 5.75 Å². The summed E-state index contributed by atoms with van der Waals surface area (Å²) in [6.07, 6.45) is 6.50. The summed E-state index contributed by atoms with van der Waals surface area (Å²) in [6.45, 7) is 2.91. The summed E-state index contributed by atoms with van der Waals surface area (Å²) in [4.78, 5) is 6.78. The molecular weight excluding hydrogens is 274 g/mol. The Morgan fingerprint density at radius 3 is 2.50 bits per heavy atom. The number of rotatable bonds is 4. The number of nitrogens with one attached hydrogen (secondary N) is 1. The van der Waals surface area contributed by atoms with E-state index in [0.29, 0.717) is 0 Å². The number of methoxy groups -OCH3 is 1. The molecule has 1 aliphatic heterocycles. The van der Waals surface area contributed by atoms with Crippen molar-refractivity contribution in [2.45, 2.75) is 37.5 Å². The van der Waals surface area contributed by atoms with Gasteiger partial charge in [0.1, 0.15) is 5.75 Å². The molecule has 1 aliphatic carbocycles. The average molecular weight is 301 g/mol. The third-order valence-corrected chi connectivity index (χ3v) is 5.16. The van der Waals surface area contributed by atoms with E-state index in [1.807, 2.05) is 0 Å². The summed E-state index contributed by atoms with van der Waals surface area (Å²) in [5, 5.41) is 3.61. The standard InChI is InChI=1S/C18H27N3O/c1-21-13-12-19-17(21)20-14-18(10-4-3-5-11-18)15-6-8-16(22-2)9-7-15/h6-9H,3-5,10-14H2,1-2H3,(H,19,20). The molecule has 4 heteroatoms. The third-order valence-electron chi connectivity index (χ3n) is 5.16. The van der Waals surface area contributed by atoms with Crippen LogP contribution in [0.25, 0.3) is 0 Å². The number of aliphatic imine (C=N–C) groups is 1. The van der Waals surface area contributed by atoms with Crippen molar-refractivity contribution in [3.05, 3.63) is 29.8 Å². The molecule has 0 amide bonds. The summed E-state index contributed by atoms with van der Waals surface area (Å²) in [6, 6.07) is 8.66. The Morgan fingerprint density at radius 1 is 1.18 bits per heavy atom. The monoisotopic (exact) mass is 301 g/mol. The van der Waals surface area contributed by atoms with Crippen LogP contribution in [0.15, 0.2) is 29.3 Å². The van der Waals surface area contributed by atoms with E-state index in [1.54, 1.807) is 7.11 Å². The SMILES string of the molecule is COc1ccc(C2(CNC3=NCCN3C)CCCCC2)cc1. The van der Waals surface area contributed by atoms with E-state index in [4.69, 9.17) is 4.74 Å². The van der Waals surface area contributed by atoms with Crippen LogP contribution in [-0.4, -0.2) is 44.7 Å². The van der Waals surface area contributed by atoms with Gasteiger partial charge < -0.3 is 15.0 Å². The van der Waals surface area contributed by atoms with Gasteiger partial charge in [-0.1, -0.05) is 31.4 Å². The minimum Gasteiger partial charge on any atom is -0.497 e. The van der Waals surface area contributed by atoms with E-state index in [9.17, 15) is 0 Å². The Bertz CT molecular complexity index is 518. The van der Waals surface area contributed by atoms with Crippen LogP contribution in [0.1, 0.15) is 37.7 Å². The van der Waals surface area contributed by atoms with Crippen LogP contribution in [0.4, 0.5) is 0 Å². The molecule has 0 radical (unpaired) electrons. The molecule has 0 spiro atoms. The van der Waals surface area contributed by atoms with E-state index in [1.165, 1.54) is 37.7 Å². The molecule has 1 fully saturated rings. The molecule has 0 saturated heterocycles. The molecule has 2 aliphatic rings. The quantitative estimate of drug-likeness (QED) is 0.929. The van der Waals surface area contributed by atoms with Crippen molar-refractivity contribution in [3.8, 4) is 5.75 Å². The molecular formula is C18H27N3O. The smallest absolute Gasteiger partial charge is 0.193 e. The molecule has 4 nitrogen and oxygen atoms in total. The number of ether oxygens (including phenoxy) is 1. The molecule has 1 N–H and O–H groups in total. The fraction of sp³-hybridized carbons (Fsp3) is 0.611. The Hall–Kier alpha value is -1.71. The van der Waals surface area contributed by atoms with E-state index >= 15 is 0 Å². The molecule has 1 aromatic carbocycles. The Morgan fingerprint density at radius 2 is 1.91 bits per heavy atom. The maximum Gasteiger partial charge on any atom is 0.193 e. The van der Waals surface area contributed by atoms with Crippen molar-refractivity contribution in [3.63, 3.8) is 0 Å². The largest absolute Gasteiger partial charge is 0.497 e. The highest BCUT2D eigenvalue weighted by Crippen LogP contribution is 2.39. The molecule has 0 unspecified atom stereocenters. The number of likely N-dealkylation sites (N-methyl/N-ethyl adjacent to an activating group) is 1. The zero-order valence-electron chi connectivity index (χ0n) is 13.8. The summed E-state index contributed by atoms with van der Waals surface area (Å²) in [7, 11) is 3.83. The molecule has 1 saturated carbocycles. The average Bonchev–Trinajstić information content (AvgIpc) is 2.99. The fourth-order valence-corrected chi connectivity index (χ4v) is 3.71. The number of nitrogens with zero attached hydrogens (tertiary/aromatic N) is 2. The summed E-state index contributed by atoms with van der Waals surface area (Å²) in [5.41, 5.74) is 1.66. The maximum atomic E-state index is 5.30. The molecule has 0 aromatic heterocycles. The highest BCUT2D eigenvalue weighted by Gasteiger charge is 2.34. The number of hydrogen-bond acceptors (Lipinski definition) is 4. The predicted molar refractivity (Wildman–Crippen MR) is 90.7 cm³/mol. The molecule has 0 atom stereocenters. The van der Waals surface area contributed by atoms with Crippen molar-refractivity contribution in [1.29, 1.82) is 0 Å². The van der Waals surface area contributed by atoms with Crippen molar-refractivity contribution < 1.29 is 4.74 Å². The second-order valence-corrected chi connectivity index (χ2v) is 6.55. The molecule has 0 bridgehead atoms. The van der Waals surface area contributed by atoms with Gasteiger partial charge in [-0.3, -0.25) is 4.99 Å². The number of hydrogen-bond donors (Lipinski definition) is 1. The first kappa shape index (κ1) is 15.2. The van der Waals surface area contributed by atoms with Crippen LogP contribution < -0.4 is 10.1 Å². The van der Waals surface area contributed by atoms with Gasteiger partial charge in [0.25, 0.3) is 0 Å². The molecule has 120 valence electrons. The predicted octanol–water partition coefficient (Wildman–Crippen LogP) is 2.79. The van der Waals surface area contributed by atoms with Gasteiger partial charge in [-0.15, -0.1) is 0 Å². The van der Waals surface area contributed by atoms with Crippen molar-refractivity contribution >= 4 is 5.96 Å². The second kappa shape index (κ2) is 6.59. The van der Waals surface area contributed by atoms with Gasteiger partial charge in [0, 0.05) is 25.6 Å². The van der Waals surface area contributed by atoms with Crippen molar-refractivity contribution in [2.24, 2.45) is 4.99 Å². The normalized spacial score (nSPS) is 20.6. The van der Waals surface area contributed by atoms with E-state index < -0.39 is 0 Å². The Labute approximate surface area is 133 Å². The van der Waals surface area contributed by atoms with E-state index in [0.717, 1.165) is 31.3 Å². The number of guanidine groups is 1. The Balaban J connectivity index is 1.77. The summed E-state index contributed by atoms with van der Waals surface area (Å²) < 4.78 is 5.30. The van der Waals surface area contributed by atoms with Gasteiger partial charge in [0.05, 0.1) is 13.7 Å². The molecule has 1 heterocycles. The van der Waals surface area contributed by atoms with E-state index in [2.05, 4.69) is 46.5 Å². The summed E-state index contributed by atoms with van der Waals surface area (Å²) >= 11 is 0. The highest BCUT2D eigenvalue weighted by atomic mass is 16.5.